The van der Waals surface area contributed by atoms with Gasteiger partial charge in [-0.15, -0.1) is 0 Å². The highest BCUT2D eigenvalue weighted by atomic mass is 32.1. The lowest BCUT2D eigenvalue weighted by Gasteiger charge is -2.23. The number of carbonyl (C=O) groups is 2. The summed E-state index contributed by atoms with van der Waals surface area (Å²) < 4.78 is 19.2. The smallest absolute Gasteiger partial charge is 0.326 e. The molecule has 2 aromatic carbocycles. The molecule has 0 saturated carbocycles. The molecule has 4 rings (SSSR count). The molecule has 0 radical (unpaired) electrons. The highest BCUT2D eigenvalue weighted by Gasteiger charge is 2.27. The van der Waals surface area contributed by atoms with Crippen molar-refractivity contribution in [2.24, 2.45) is 4.99 Å². The fourth-order valence-electron chi connectivity index (χ4n) is 3.33. The van der Waals surface area contributed by atoms with Crippen molar-refractivity contribution >= 4 is 33.4 Å². The van der Waals surface area contributed by atoms with Crippen molar-refractivity contribution in [2.45, 2.75) is 39.3 Å². The Labute approximate surface area is 183 Å². The van der Waals surface area contributed by atoms with Crippen molar-refractivity contribution in [3.05, 3.63) is 52.8 Å². The van der Waals surface area contributed by atoms with E-state index in [0.29, 0.717) is 22.2 Å². The van der Waals surface area contributed by atoms with Crippen molar-refractivity contribution in [1.29, 1.82) is 0 Å². The van der Waals surface area contributed by atoms with Gasteiger partial charge in [0.2, 0.25) is 6.10 Å². The molecule has 8 heteroatoms. The van der Waals surface area contributed by atoms with Gasteiger partial charge in [-0.25, -0.2) is 0 Å². The van der Waals surface area contributed by atoms with Crippen LogP contribution in [0.2, 0.25) is 0 Å². The molecule has 2 heterocycles. The maximum Gasteiger partial charge on any atom is 0.326 e. The fourth-order valence-corrected chi connectivity index (χ4v) is 4.41. The minimum Gasteiger partial charge on any atom is -0.485 e. The maximum absolute atomic E-state index is 12.9. The van der Waals surface area contributed by atoms with Crippen LogP contribution in [0.3, 0.4) is 0 Å². The van der Waals surface area contributed by atoms with Gasteiger partial charge in [-0.3, -0.25) is 9.59 Å². The highest BCUT2D eigenvalue weighted by molar-refractivity contribution is 7.16. The SMILES string of the molecule is CCOC(=O)Cn1c(=NC(=O)C2COc3ccccc3O2)sc2cc(C(C)C)ccc21. The third kappa shape index (κ3) is 4.49. The molecule has 1 aliphatic rings. The van der Waals surface area contributed by atoms with E-state index in [1.807, 2.05) is 24.3 Å². The molecule has 0 saturated heterocycles. The van der Waals surface area contributed by atoms with Crippen LogP contribution in [0.15, 0.2) is 47.5 Å². The largest absolute Gasteiger partial charge is 0.485 e. The van der Waals surface area contributed by atoms with Crippen LogP contribution in [0.25, 0.3) is 10.2 Å². The van der Waals surface area contributed by atoms with Crippen molar-refractivity contribution in [3.8, 4) is 11.5 Å². The summed E-state index contributed by atoms with van der Waals surface area (Å²) in [5, 5.41) is 0. The second kappa shape index (κ2) is 8.93. The van der Waals surface area contributed by atoms with Gasteiger partial charge in [0.1, 0.15) is 13.2 Å². The van der Waals surface area contributed by atoms with Crippen LogP contribution in [0.1, 0.15) is 32.3 Å². The van der Waals surface area contributed by atoms with Crippen LogP contribution in [0.4, 0.5) is 0 Å². The number of nitrogens with zero attached hydrogens (tertiary/aromatic N) is 2. The Morgan fingerprint density at radius 3 is 2.74 bits per heavy atom. The third-order valence-electron chi connectivity index (χ3n) is 4.96. The number of hydrogen-bond donors (Lipinski definition) is 0. The first-order chi connectivity index (χ1) is 15.0. The van der Waals surface area contributed by atoms with E-state index in [0.717, 1.165) is 10.2 Å². The summed E-state index contributed by atoms with van der Waals surface area (Å²) in [6.45, 7) is 6.35. The molecule has 0 aliphatic carbocycles. The first-order valence-corrected chi connectivity index (χ1v) is 11.0. The van der Waals surface area contributed by atoms with Gasteiger partial charge in [-0.1, -0.05) is 43.4 Å². The van der Waals surface area contributed by atoms with Crippen LogP contribution in [-0.2, 0) is 20.9 Å². The number of esters is 1. The summed E-state index contributed by atoms with van der Waals surface area (Å²) in [7, 11) is 0. The molecule has 31 heavy (non-hydrogen) atoms. The van der Waals surface area contributed by atoms with E-state index in [1.54, 1.807) is 23.6 Å². The van der Waals surface area contributed by atoms with Gasteiger partial charge in [0.25, 0.3) is 5.91 Å². The Kier molecular flexibility index (Phi) is 6.08. The van der Waals surface area contributed by atoms with Gasteiger partial charge in [0.05, 0.1) is 16.8 Å². The monoisotopic (exact) mass is 440 g/mol. The van der Waals surface area contributed by atoms with E-state index in [1.165, 1.54) is 16.9 Å². The third-order valence-corrected chi connectivity index (χ3v) is 6.00. The predicted octanol–water partition coefficient (Wildman–Crippen LogP) is 3.66. The first-order valence-electron chi connectivity index (χ1n) is 10.2. The topological polar surface area (TPSA) is 79.1 Å². The van der Waals surface area contributed by atoms with Crippen LogP contribution in [-0.4, -0.2) is 35.8 Å². The molecule has 0 N–H and O–H groups in total. The van der Waals surface area contributed by atoms with Crippen molar-refractivity contribution in [1.82, 2.24) is 4.57 Å². The number of carbonyl (C=O) groups excluding carboxylic acids is 2. The van der Waals surface area contributed by atoms with Crippen molar-refractivity contribution < 1.29 is 23.8 Å². The van der Waals surface area contributed by atoms with E-state index in [2.05, 4.69) is 24.9 Å². The second-order valence-corrected chi connectivity index (χ2v) is 8.48. The quantitative estimate of drug-likeness (QED) is 0.566. The maximum atomic E-state index is 12.9. The molecule has 7 nitrogen and oxygen atoms in total. The summed E-state index contributed by atoms with van der Waals surface area (Å²) in [6, 6.07) is 13.3. The normalized spacial score (nSPS) is 16.0. The Morgan fingerprint density at radius 1 is 1.23 bits per heavy atom. The number of thiazole rings is 1. The number of rotatable bonds is 5. The zero-order chi connectivity index (χ0) is 22.0. The average Bonchev–Trinajstić information content (AvgIpc) is 3.09. The van der Waals surface area contributed by atoms with Crippen LogP contribution < -0.4 is 14.3 Å². The molecule has 1 atom stereocenters. The summed E-state index contributed by atoms with van der Waals surface area (Å²) in [6.07, 6.45) is -0.845. The Hall–Kier alpha value is -3.13. The summed E-state index contributed by atoms with van der Waals surface area (Å²) in [5.74, 6) is 0.643. The average molecular weight is 441 g/mol. The number of hydrogen-bond acceptors (Lipinski definition) is 6. The molecule has 0 fully saturated rings. The number of amides is 1. The molecular weight excluding hydrogens is 416 g/mol. The zero-order valence-corrected chi connectivity index (χ0v) is 18.5. The molecule has 1 amide bonds. The van der Waals surface area contributed by atoms with Crippen LogP contribution >= 0.6 is 11.3 Å². The lowest BCUT2D eigenvalue weighted by Crippen LogP contribution is -2.37. The molecule has 1 aromatic heterocycles. The molecule has 3 aromatic rings. The van der Waals surface area contributed by atoms with E-state index in [4.69, 9.17) is 14.2 Å². The Bertz CT molecular complexity index is 1190. The van der Waals surface area contributed by atoms with Crippen LogP contribution in [0.5, 0.6) is 11.5 Å². The number of ether oxygens (including phenoxy) is 3. The van der Waals surface area contributed by atoms with Gasteiger partial charge in [0, 0.05) is 0 Å². The summed E-state index contributed by atoms with van der Waals surface area (Å²) in [4.78, 5) is 29.8. The van der Waals surface area contributed by atoms with Crippen molar-refractivity contribution in [3.63, 3.8) is 0 Å². The van der Waals surface area contributed by atoms with Gasteiger partial charge in [-0.05, 0) is 42.7 Å². The first kappa shape index (κ1) is 21.1. The molecule has 1 aliphatic heterocycles. The molecule has 0 spiro atoms. The lowest BCUT2D eigenvalue weighted by atomic mass is 10.0. The number of para-hydroxylation sites is 2. The van der Waals surface area contributed by atoms with Gasteiger partial charge in [-0.2, -0.15) is 4.99 Å². The molecule has 162 valence electrons. The minimum absolute atomic E-state index is 0.0220. The predicted molar refractivity (Wildman–Crippen MR) is 117 cm³/mol. The van der Waals surface area contributed by atoms with Gasteiger partial charge >= 0.3 is 5.97 Å². The second-order valence-electron chi connectivity index (χ2n) is 7.47. The van der Waals surface area contributed by atoms with E-state index in [-0.39, 0.29) is 25.7 Å². The van der Waals surface area contributed by atoms with Crippen molar-refractivity contribution in [2.75, 3.05) is 13.2 Å². The lowest BCUT2D eigenvalue weighted by molar-refractivity contribution is -0.143. The molecule has 0 bridgehead atoms. The summed E-state index contributed by atoms with van der Waals surface area (Å²) in [5.41, 5.74) is 2.01. The summed E-state index contributed by atoms with van der Waals surface area (Å²) >= 11 is 1.36. The highest BCUT2D eigenvalue weighted by Crippen LogP contribution is 2.31. The van der Waals surface area contributed by atoms with Crippen LogP contribution in [0, 0.1) is 0 Å². The number of benzene rings is 2. The van der Waals surface area contributed by atoms with Gasteiger partial charge < -0.3 is 18.8 Å². The Morgan fingerprint density at radius 2 is 2.00 bits per heavy atom. The van der Waals surface area contributed by atoms with E-state index >= 15 is 0 Å². The standard InChI is InChI=1S/C23H24N2O5S/c1-4-28-21(26)12-25-16-10-9-15(14(2)3)11-20(16)31-23(25)24-22(27)19-13-29-17-7-5-6-8-18(17)30-19/h5-11,14,19H,4,12-13H2,1-3H3. The molecular formula is C23H24N2O5S. The van der Waals surface area contributed by atoms with E-state index in [9.17, 15) is 9.59 Å². The number of aromatic nitrogens is 1. The molecule has 1 unspecified atom stereocenters. The van der Waals surface area contributed by atoms with Gasteiger partial charge in [0.15, 0.2) is 16.3 Å². The number of fused-ring (bicyclic) bond motifs is 2. The van der Waals surface area contributed by atoms with E-state index < -0.39 is 12.0 Å². The minimum atomic E-state index is -0.845. The Balaban J connectivity index is 1.71. The zero-order valence-electron chi connectivity index (χ0n) is 17.7. The fraction of sp³-hybridized carbons (Fsp3) is 0.348.